The molecule has 4 aromatic rings. The molecule has 29 heavy (non-hydrogen) atoms. The minimum absolute atomic E-state index is 0.0718. The minimum Gasteiger partial charge on any atom is -0.497 e. The molecule has 140 valence electrons. The molecule has 1 aliphatic rings. The van der Waals surface area contributed by atoms with Gasteiger partial charge in [0.25, 0.3) is 0 Å². The Morgan fingerprint density at radius 1 is 0.621 bits per heavy atom. The first kappa shape index (κ1) is 17.4. The van der Waals surface area contributed by atoms with Crippen molar-refractivity contribution in [2.45, 2.75) is 5.41 Å². The van der Waals surface area contributed by atoms with Crippen molar-refractivity contribution in [2.75, 3.05) is 7.11 Å². The number of ketones is 1. The maximum Gasteiger partial charge on any atom is 0.183 e. The zero-order chi connectivity index (χ0) is 19.8. The van der Waals surface area contributed by atoms with Crippen molar-refractivity contribution >= 4 is 5.78 Å². The summed E-state index contributed by atoms with van der Waals surface area (Å²) in [6.07, 6.45) is 0. The molecule has 0 N–H and O–H groups in total. The van der Waals surface area contributed by atoms with Crippen molar-refractivity contribution in [3.63, 3.8) is 0 Å². The Hall–Kier alpha value is -3.65. The summed E-state index contributed by atoms with van der Waals surface area (Å²) in [6.45, 7) is 0. The van der Waals surface area contributed by atoms with Crippen LogP contribution >= 0.6 is 0 Å². The molecule has 5 rings (SSSR count). The number of carbonyl (C=O) groups excluding carboxylic acids is 1. The lowest BCUT2D eigenvalue weighted by molar-refractivity contribution is 0.0933. The normalized spacial score (nSPS) is 14.0. The van der Waals surface area contributed by atoms with Gasteiger partial charge in [-0.2, -0.15) is 0 Å². The molecule has 0 amide bonds. The van der Waals surface area contributed by atoms with Crippen LogP contribution in [0.4, 0.5) is 0 Å². The highest BCUT2D eigenvalue weighted by atomic mass is 16.5. The third kappa shape index (κ3) is 2.46. The number of carbonyl (C=O) groups is 1. The lowest BCUT2D eigenvalue weighted by Gasteiger charge is -2.39. The van der Waals surface area contributed by atoms with Crippen molar-refractivity contribution in [3.8, 4) is 16.9 Å². The average Bonchev–Trinajstić information content (AvgIpc) is 2.80. The molecular formula is C27H20O2. The van der Waals surface area contributed by atoms with Gasteiger partial charge in [-0.15, -0.1) is 0 Å². The number of Topliss-reactive ketones (excluding diaryl/α,β-unsaturated/α-hetero) is 1. The second-order valence-corrected chi connectivity index (χ2v) is 7.27. The van der Waals surface area contributed by atoms with Crippen LogP contribution in [0.3, 0.4) is 0 Å². The lowest BCUT2D eigenvalue weighted by Crippen LogP contribution is -2.41. The highest BCUT2D eigenvalue weighted by Gasteiger charge is 2.48. The molecule has 0 saturated carbocycles. The number of methoxy groups -OCH3 is 1. The lowest BCUT2D eigenvalue weighted by atomic mass is 9.60. The van der Waals surface area contributed by atoms with E-state index >= 15 is 0 Å². The van der Waals surface area contributed by atoms with E-state index in [1.165, 1.54) is 0 Å². The second kappa shape index (κ2) is 6.75. The van der Waals surface area contributed by atoms with Gasteiger partial charge in [-0.3, -0.25) is 4.79 Å². The van der Waals surface area contributed by atoms with Crippen LogP contribution in [0.2, 0.25) is 0 Å². The molecule has 0 radical (unpaired) electrons. The maximum absolute atomic E-state index is 14.3. The molecule has 1 aliphatic carbocycles. The first-order valence-corrected chi connectivity index (χ1v) is 9.70. The number of benzene rings is 4. The second-order valence-electron chi connectivity index (χ2n) is 7.27. The fourth-order valence-electron chi connectivity index (χ4n) is 4.56. The third-order valence-electron chi connectivity index (χ3n) is 5.85. The summed E-state index contributed by atoms with van der Waals surface area (Å²) < 4.78 is 5.44. The van der Waals surface area contributed by atoms with E-state index in [1.54, 1.807) is 7.11 Å². The first-order valence-electron chi connectivity index (χ1n) is 9.70. The number of ether oxygens (including phenoxy) is 1. The topological polar surface area (TPSA) is 26.3 Å². The minimum atomic E-state index is -0.904. The van der Waals surface area contributed by atoms with E-state index in [2.05, 4.69) is 12.1 Å². The Balaban J connectivity index is 1.94. The monoisotopic (exact) mass is 376 g/mol. The Kier molecular flexibility index (Phi) is 4.06. The SMILES string of the molecule is COc1ccc2c(c1)C(=O)C(c1ccccc1)(c1ccccc1)c1ccccc1-2. The van der Waals surface area contributed by atoms with Crippen molar-refractivity contribution in [1.29, 1.82) is 0 Å². The fourth-order valence-corrected chi connectivity index (χ4v) is 4.56. The Bertz CT molecular complexity index is 1150. The standard InChI is InChI=1S/C27H20O2/c1-29-21-16-17-22-23-14-8-9-15-25(23)27(26(28)24(22)18-21,19-10-4-2-5-11-19)20-12-6-3-7-13-20/h2-18H,1H3. The highest BCUT2D eigenvalue weighted by Crippen LogP contribution is 2.50. The van der Waals surface area contributed by atoms with Gasteiger partial charge in [0, 0.05) is 5.56 Å². The van der Waals surface area contributed by atoms with Crippen molar-refractivity contribution in [3.05, 3.63) is 125 Å². The Labute approximate surface area is 170 Å². The van der Waals surface area contributed by atoms with Crippen LogP contribution in [0.25, 0.3) is 11.1 Å². The molecule has 2 nitrogen and oxygen atoms in total. The molecule has 0 saturated heterocycles. The van der Waals surface area contributed by atoms with Gasteiger partial charge in [0.05, 0.1) is 7.11 Å². The van der Waals surface area contributed by atoms with E-state index in [-0.39, 0.29) is 5.78 Å². The van der Waals surface area contributed by atoms with E-state index in [0.717, 1.165) is 27.8 Å². The van der Waals surface area contributed by atoms with Crippen LogP contribution in [0.5, 0.6) is 5.75 Å². The van der Waals surface area contributed by atoms with Crippen LogP contribution in [-0.4, -0.2) is 12.9 Å². The predicted octanol–water partition coefficient (Wildman–Crippen LogP) is 5.89. The third-order valence-corrected chi connectivity index (χ3v) is 5.85. The molecular weight excluding hydrogens is 356 g/mol. The molecule has 4 aromatic carbocycles. The zero-order valence-corrected chi connectivity index (χ0v) is 16.1. The summed E-state index contributed by atoms with van der Waals surface area (Å²) in [4.78, 5) is 14.3. The van der Waals surface area contributed by atoms with Crippen molar-refractivity contribution in [1.82, 2.24) is 0 Å². The van der Waals surface area contributed by atoms with Crippen LogP contribution in [0, 0.1) is 0 Å². The summed E-state index contributed by atoms with van der Waals surface area (Å²) in [7, 11) is 1.63. The summed E-state index contributed by atoms with van der Waals surface area (Å²) in [5.74, 6) is 0.758. The van der Waals surface area contributed by atoms with E-state index in [0.29, 0.717) is 11.3 Å². The van der Waals surface area contributed by atoms with E-state index in [1.807, 2.05) is 91.0 Å². The van der Waals surface area contributed by atoms with Crippen LogP contribution in [0.15, 0.2) is 103 Å². The summed E-state index contributed by atoms with van der Waals surface area (Å²) >= 11 is 0. The van der Waals surface area contributed by atoms with Crippen LogP contribution in [0.1, 0.15) is 27.0 Å². The van der Waals surface area contributed by atoms with Crippen LogP contribution in [-0.2, 0) is 5.41 Å². The van der Waals surface area contributed by atoms with Crippen molar-refractivity contribution < 1.29 is 9.53 Å². The molecule has 0 atom stereocenters. The quantitative estimate of drug-likeness (QED) is 0.445. The Morgan fingerprint density at radius 2 is 1.21 bits per heavy atom. The van der Waals surface area contributed by atoms with Gasteiger partial charge in [-0.25, -0.2) is 0 Å². The molecule has 0 aliphatic heterocycles. The van der Waals surface area contributed by atoms with Crippen molar-refractivity contribution in [2.24, 2.45) is 0 Å². The largest absolute Gasteiger partial charge is 0.497 e. The molecule has 0 aromatic heterocycles. The van der Waals surface area contributed by atoms with Crippen LogP contribution < -0.4 is 4.74 Å². The molecule has 0 heterocycles. The highest BCUT2D eigenvalue weighted by molar-refractivity contribution is 6.17. The van der Waals surface area contributed by atoms with Gasteiger partial charge < -0.3 is 4.74 Å². The molecule has 2 heteroatoms. The summed E-state index contributed by atoms with van der Waals surface area (Å²) in [5.41, 5.74) is 4.77. The smallest absolute Gasteiger partial charge is 0.183 e. The number of hydrogen-bond acceptors (Lipinski definition) is 2. The summed E-state index contributed by atoms with van der Waals surface area (Å²) in [5, 5.41) is 0. The van der Waals surface area contributed by atoms with E-state index in [4.69, 9.17) is 4.74 Å². The van der Waals surface area contributed by atoms with Gasteiger partial charge in [0.1, 0.15) is 11.2 Å². The molecule has 0 bridgehead atoms. The zero-order valence-electron chi connectivity index (χ0n) is 16.1. The van der Waals surface area contributed by atoms with Gasteiger partial charge in [0.2, 0.25) is 0 Å². The predicted molar refractivity (Wildman–Crippen MR) is 116 cm³/mol. The average molecular weight is 376 g/mol. The van der Waals surface area contributed by atoms with E-state index in [9.17, 15) is 4.79 Å². The first-order chi connectivity index (χ1) is 14.3. The molecule has 0 unspecified atom stereocenters. The number of fused-ring (bicyclic) bond motifs is 3. The molecule has 0 fully saturated rings. The van der Waals surface area contributed by atoms with Gasteiger partial charge in [-0.1, -0.05) is 84.9 Å². The number of rotatable bonds is 3. The maximum atomic E-state index is 14.3. The molecule has 0 spiro atoms. The Morgan fingerprint density at radius 3 is 1.83 bits per heavy atom. The summed E-state index contributed by atoms with van der Waals surface area (Å²) in [6, 6.07) is 34.2. The fraction of sp³-hybridized carbons (Fsp3) is 0.0741. The number of hydrogen-bond donors (Lipinski definition) is 0. The van der Waals surface area contributed by atoms with E-state index < -0.39 is 5.41 Å². The van der Waals surface area contributed by atoms with Gasteiger partial charge >= 0.3 is 0 Å². The van der Waals surface area contributed by atoms with Gasteiger partial charge in [-0.05, 0) is 46.0 Å². The van der Waals surface area contributed by atoms with Gasteiger partial charge in [0.15, 0.2) is 5.78 Å².